The van der Waals surface area contributed by atoms with Gasteiger partial charge in [-0.05, 0) is 95.3 Å². The maximum atomic E-state index is 13.3. The predicted molar refractivity (Wildman–Crippen MR) is 141 cm³/mol. The van der Waals surface area contributed by atoms with E-state index in [0.717, 1.165) is 43.9 Å². The standard InChI is InChI=1S/C31H42O10/c1-5-29(3,4)26(34)37-14-22(32)39-24-18-12-21-25(24)40-28(36)30(21,13-18)27(35)38-15-23(33)41-31(6-2)19-8-16-7-17(10-19)11-20(31)9-16/h16-21,24-25H,5-15H2,1-4H3. The Labute approximate surface area is 240 Å². The van der Waals surface area contributed by atoms with E-state index < -0.39 is 77.6 Å². The Balaban J connectivity index is 1.04. The molecule has 7 fully saturated rings. The van der Waals surface area contributed by atoms with Crippen molar-refractivity contribution in [3.8, 4) is 0 Å². The summed E-state index contributed by atoms with van der Waals surface area (Å²) in [5.41, 5.74) is -2.70. The lowest BCUT2D eigenvalue weighted by Crippen LogP contribution is -2.59. The Morgan fingerprint density at radius 3 is 2.15 bits per heavy atom. The lowest BCUT2D eigenvalue weighted by molar-refractivity contribution is -0.215. The monoisotopic (exact) mass is 574 g/mol. The minimum absolute atomic E-state index is 0.118. The van der Waals surface area contributed by atoms with Crippen LogP contribution in [0.25, 0.3) is 0 Å². The Kier molecular flexibility index (Phi) is 6.92. The van der Waals surface area contributed by atoms with E-state index in [1.807, 2.05) is 6.92 Å². The minimum atomic E-state index is -1.50. The van der Waals surface area contributed by atoms with Gasteiger partial charge in [-0.15, -0.1) is 0 Å². The van der Waals surface area contributed by atoms with Crippen LogP contribution in [0.5, 0.6) is 0 Å². The second kappa shape index (κ2) is 9.97. The van der Waals surface area contributed by atoms with Crippen LogP contribution in [-0.4, -0.2) is 60.9 Å². The van der Waals surface area contributed by atoms with Crippen molar-refractivity contribution in [1.29, 1.82) is 0 Å². The van der Waals surface area contributed by atoms with Crippen molar-refractivity contribution in [2.24, 2.45) is 46.3 Å². The van der Waals surface area contributed by atoms with Crippen molar-refractivity contribution in [2.75, 3.05) is 13.2 Å². The van der Waals surface area contributed by atoms with Crippen molar-refractivity contribution in [3.05, 3.63) is 0 Å². The van der Waals surface area contributed by atoms with Gasteiger partial charge in [0, 0.05) is 11.8 Å². The third-order valence-corrected chi connectivity index (χ3v) is 11.7. The minimum Gasteiger partial charge on any atom is -0.457 e. The van der Waals surface area contributed by atoms with Crippen LogP contribution in [0.1, 0.15) is 85.5 Å². The highest BCUT2D eigenvalue weighted by molar-refractivity contribution is 6.03. The second-order valence-electron chi connectivity index (χ2n) is 14.1. The highest BCUT2D eigenvalue weighted by atomic mass is 16.6. The Morgan fingerprint density at radius 1 is 0.902 bits per heavy atom. The first kappa shape index (κ1) is 28.5. The van der Waals surface area contributed by atoms with Gasteiger partial charge < -0.3 is 23.7 Å². The average Bonchev–Trinajstić information content (AvgIpc) is 3.55. The molecule has 0 spiro atoms. The van der Waals surface area contributed by atoms with Crippen LogP contribution in [0, 0.1) is 46.3 Å². The van der Waals surface area contributed by atoms with Gasteiger partial charge in [-0.1, -0.05) is 13.8 Å². The van der Waals surface area contributed by atoms with Gasteiger partial charge in [-0.2, -0.15) is 0 Å². The van der Waals surface area contributed by atoms with Gasteiger partial charge in [-0.25, -0.2) is 9.59 Å². The molecule has 7 aliphatic rings. The highest BCUT2D eigenvalue weighted by Gasteiger charge is 2.75. The summed E-state index contributed by atoms with van der Waals surface area (Å²) in [5.74, 6) is -1.85. The Bertz CT molecular complexity index is 1110. The average molecular weight is 575 g/mol. The van der Waals surface area contributed by atoms with Gasteiger partial charge in [0.2, 0.25) is 0 Å². The molecular formula is C31H42O10. The molecule has 10 heteroatoms. The molecule has 0 amide bonds. The van der Waals surface area contributed by atoms with Gasteiger partial charge >= 0.3 is 29.8 Å². The molecule has 7 rings (SSSR count). The molecule has 6 aliphatic carbocycles. The first-order valence-corrected chi connectivity index (χ1v) is 15.4. The molecule has 0 N–H and O–H groups in total. The van der Waals surface area contributed by atoms with Crippen molar-refractivity contribution in [1.82, 2.24) is 0 Å². The highest BCUT2D eigenvalue weighted by Crippen LogP contribution is 2.63. The molecule has 5 atom stereocenters. The fraction of sp³-hybridized carbons (Fsp3) is 0.839. The Morgan fingerprint density at radius 2 is 1.54 bits per heavy atom. The number of esters is 5. The van der Waals surface area contributed by atoms with Crippen molar-refractivity contribution in [3.63, 3.8) is 0 Å². The summed E-state index contributed by atoms with van der Waals surface area (Å²) < 4.78 is 27.9. The van der Waals surface area contributed by atoms with Gasteiger partial charge in [-0.3, -0.25) is 14.4 Å². The van der Waals surface area contributed by atoms with Crippen LogP contribution < -0.4 is 0 Å². The van der Waals surface area contributed by atoms with E-state index >= 15 is 0 Å². The first-order chi connectivity index (χ1) is 19.4. The van der Waals surface area contributed by atoms with E-state index in [1.165, 1.54) is 6.42 Å². The lowest BCUT2D eigenvalue weighted by atomic mass is 9.49. The number of fused-ring (bicyclic) bond motifs is 1. The smallest absolute Gasteiger partial charge is 0.344 e. The molecule has 6 saturated carbocycles. The summed E-state index contributed by atoms with van der Waals surface area (Å²) in [6.45, 7) is 6.32. The summed E-state index contributed by atoms with van der Waals surface area (Å²) in [7, 11) is 0. The number of carbonyl (C=O) groups is 5. The second-order valence-corrected chi connectivity index (χ2v) is 14.1. The quantitative estimate of drug-likeness (QED) is 0.217. The molecule has 1 heterocycles. The van der Waals surface area contributed by atoms with Gasteiger partial charge in [0.05, 0.1) is 5.41 Å². The number of hydrogen-bond donors (Lipinski definition) is 0. The van der Waals surface area contributed by atoms with Gasteiger partial charge in [0.25, 0.3) is 0 Å². The summed E-state index contributed by atoms with van der Waals surface area (Å²) in [5, 5.41) is 0. The molecule has 10 nitrogen and oxygen atoms in total. The number of carbonyl (C=O) groups excluding carboxylic acids is 5. The molecule has 1 saturated heterocycles. The van der Waals surface area contributed by atoms with E-state index in [2.05, 4.69) is 6.92 Å². The number of ether oxygens (including phenoxy) is 5. The van der Waals surface area contributed by atoms with Gasteiger partial charge in [0.15, 0.2) is 18.6 Å². The zero-order valence-corrected chi connectivity index (χ0v) is 24.5. The molecule has 1 aliphatic heterocycles. The van der Waals surface area contributed by atoms with Crippen LogP contribution in [0.4, 0.5) is 0 Å². The largest absolute Gasteiger partial charge is 0.457 e. The van der Waals surface area contributed by atoms with E-state index in [-0.39, 0.29) is 12.3 Å². The van der Waals surface area contributed by atoms with Crippen LogP contribution in [-0.2, 0) is 47.7 Å². The number of hydrogen-bond acceptors (Lipinski definition) is 10. The fourth-order valence-electron chi connectivity index (χ4n) is 9.37. The third kappa shape index (κ3) is 4.37. The molecule has 0 aromatic heterocycles. The van der Waals surface area contributed by atoms with Crippen LogP contribution in [0.15, 0.2) is 0 Å². The summed E-state index contributed by atoms with van der Waals surface area (Å²) in [4.78, 5) is 64.0. The van der Waals surface area contributed by atoms with Crippen LogP contribution in [0.2, 0.25) is 0 Å². The molecule has 226 valence electrons. The normalized spacial score (nSPS) is 41.2. The molecule has 6 bridgehead atoms. The van der Waals surface area contributed by atoms with Crippen molar-refractivity contribution >= 4 is 29.8 Å². The number of rotatable bonds is 10. The van der Waals surface area contributed by atoms with Crippen LogP contribution >= 0.6 is 0 Å². The zero-order valence-electron chi connectivity index (χ0n) is 24.5. The van der Waals surface area contributed by atoms with Gasteiger partial charge in [0.1, 0.15) is 17.8 Å². The zero-order chi connectivity index (χ0) is 29.3. The molecule has 5 unspecified atom stereocenters. The molecule has 41 heavy (non-hydrogen) atoms. The van der Waals surface area contributed by atoms with Crippen LogP contribution in [0.3, 0.4) is 0 Å². The third-order valence-electron chi connectivity index (χ3n) is 11.7. The summed E-state index contributed by atoms with van der Waals surface area (Å²) in [6.07, 6.45) is 6.07. The fourth-order valence-corrected chi connectivity index (χ4v) is 9.37. The Hall–Kier alpha value is -2.65. The van der Waals surface area contributed by atoms with E-state index in [0.29, 0.717) is 24.7 Å². The van der Waals surface area contributed by atoms with E-state index in [4.69, 9.17) is 23.7 Å². The first-order valence-electron chi connectivity index (χ1n) is 15.4. The van der Waals surface area contributed by atoms with Crippen molar-refractivity contribution in [2.45, 2.75) is 103 Å². The summed E-state index contributed by atoms with van der Waals surface area (Å²) >= 11 is 0. The van der Waals surface area contributed by atoms with E-state index in [9.17, 15) is 24.0 Å². The van der Waals surface area contributed by atoms with Crippen molar-refractivity contribution < 1.29 is 47.7 Å². The molecule has 0 radical (unpaired) electrons. The predicted octanol–water partition coefficient (Wildman–Crippen LogP) is 3.52. The molecular weight excluding hydrogens is 532 g/mol. The SMILES string of the molecule is CCC(C)(C)C(=O)OCC(=O)OC1C2CC3C1OC(=O)C3(C(=O)OCC(=O)OC1(CC)C3CC4CC(C3)CC1C4)C2. The van der Waals surface area contributed by atoms with E-state index in [1.54, 1.807) is 13.8 Å². The maximum Gasteiger partial charge on any atom is 0.344 e. The molecule has 0 aromatic carbocycles. The maximum absolute atomic E-state index is 13.3. The lowest BCUT2D eigenvalue weighted by Gasteiger charge is -2.60. The topological polar surface area (TPSA) is 132 Å². The summed E-state index contributed by atoms with van der Waals surface area (Å²) in [6, 6.07) is 0. The molecule has 0 aromatic rings.